The van der Waals surface area contributed by atoms with Gasteiger partial charge in [-0.3, -0.25) is 9.69 Å². The van der Waals surface area contributed by atoms with Crippen LogP contribution in [0.1, 0.15) is 5.56 Å². The quantitative estimate of drug-likeness (QED) is 0.814. The largest absolute Gasteiger partial charge is 0.336 e. The fourth-order valence-corrected chi connectivity index (χ4v) is 2.78. The summed E-state index contributed by atoms with van der Waals surface area (Å²) in [7, 11) is 0. The molecule has 2 fully saturated rings. The number of carbonyl (C=O) groups excluding carboxylic acids is 1. The number of amides is 1. The Balaban J connectivity index is 1.67. The molecule has 1 aromatic carbocycles. The highest BCUT2D eigenvalue weighted by Crippen LogP contribution is 2.15. The number of fused-ring (bicyclic) bond motifs is 1. The molecule has 2 aliphatic heterocycles. The number of hydrogen-bond donors (Lipinski definition) is 1. The molecule has 4 nitrogen and oxygen atoms in total. The van der Waals surface area contributed by atoms with Crippen LogP contribution < -0.4 is 5.32 Å². The molecule has 18 heavy (non-hydrogen) atoms. The van der Waals surface area contributed by atoms with E-state index in [1.165, 1.54) is 5.56 Å². The first-order chi connectivity index (χ1) is 8.83. The van der Waals surface area contributed by atoms with E-state index in [-0.39, 0.29) is 5.91 Å². The van der Waals surface area contributed by atoms with Gasteiger partial charge in [-0.15, -0.1) is 0 Å². The monoisotopic (exact) mass is 245 g/mol. The Morgan fingerprint density at radius 2 is 2.11 bits per heavy atom. The minimum absolute atomic E-state index is 0.261. The van der Waals surface area contributed by atoms with Crippen LogP contribution in [-0.4, -0.2) is 54.5 Å². The van der Waals surface area contributed by atoms with Crippen molar-refractivity contribution in [2.24, 2.45) is 0 Å². The number of hydrogen-bond acceptors (Lipinski definition) is 3. The first-order valence-electron chi connectivity index (χ1n) is 6.59. The molecule has 3 rings (SSSR count). The second-order valence-corrected chi connectivity index (χ2v) is 5.09. The normalized spacial score (nSPS) is 25.0. The van der Waals surface area contributed by atoms with Crippen molar-refractivity contribution in [1.29, 1.82) is 0 Å². The van der Waals surface area contributed by atoms with Gasteiger partial charge in [-0.2, -0.15) is 0 Å². The van der Waals surface area contributed by atoms with Gasteiger partial charge in [0.25, 0.3) is 0 Å². The van der Waals surface area contributed by atoms with Crippen LogP contribution in [0.2, 0.25) is 0 Å². The average Bonchev–Trinajstić information content (AvgIpc) is 2.41. The molecule has 1 amide bonds. The molecule has 0 spiro atoms. The number of rotatable bonds is 2. The van der Waals surface area contributed by atoms with E-state index in [4.69, 9.17) is 0 Å². The Morgan fingerprint density at radius 1 is 1.28 bits per heavy atom. The molecule has 1 aromatic rings. The van der Waals surface area contributed by atoms with E-state index in [1.807, 2.05) is 23.1 Å². The lowest BCUT2D eigenvalue weighted by atomic mass is 10.1. The van der Waals surface area contributed by atoms with E-state index in [9.17, 15) is 4.79 Å². The summed E-state index contributed by atoms with van der Waals surface area (Å²) in [6, 6.07) is 10.7. The highest BCUT2D eigenvalue weighted by molar-refractivity contribution is 5.79. The third kappa shape index (κ3) is 2.40. The van der Waals surface area contributed by atoms with Crippen LogP contribution in [0.15, 0.2) is 30.3 Å². The SMILES string of the molecule is O=C1CN2CCNCC2CN1Cc1ccccc1. The Kier molecular flexibility index (Phi) is 3.30. The van der Waals surface area contributed by atoms with Crippen molar-refractivity contribution < 1.29 is 4.79 Å². The topological polar surface area (TPSA) is 35.6 Å². The van der Waals surface area contributed by atoms with Crippen molar-refractivity contribution in [2.75, 3.05) is 32.7 Å². The molecule has 96 valence electrons. The van der Waals surface area contributed by atoms with Gasteiger partial charge in [0, 0.05) is 38.8 Å². The van der Waals surface area contributed by atoms with Gasteiger partial charge in [-0.25, -0.2) is 0 Å². The maximum Gasteiger partial charge on any atom is 0.237 e. The van der Waals surface area contributed by atoms with Crippen LogP contribution in [-0.2, 0) is 11.3 Å². The van der Waals surface area contributed by atoms with E-state index in [0.29, 0.717) is 12.6 Å². The van der Waals surface area contributed by atoms with E-state index < -0.39 is 0 Å². The van der Waals surface area contributed by atoms with Crippen molar-refractivity contribution in [2.45, 2.75) is 12.6 Å². The molecule has 2 saturated heterocycles. The molecule has 0 bridgehead atoms. The lowest BCUT2D eigenvalue weighted by molar-refractivity contribution is -0.139. The Bertz CT molecular complexity index is 420. The number of nitrogens with zero attached hydrogens (tertiary/aromatic N) is 2. The van der Waals surface area contributed by atoms with Crippen LogP contribution in [0.4, 0.5) is 0 Å². The first-order valence-corrected chi connectivity index (χ1v) is 6.59. The highest BCUT2D eigenvalue weighted by atomic mass is 16.2. The third-order valence-corrected chi connectivity index (χ3v) is 3.81. The molecule has 1 unspecified atom stereocenters. The summed E-state index contributed by atoms with van der Waals surface area (Å²) < 4.78 is 0. The fraction of sp³-hybridized carbons (Fsp3) is 0.500. The van der Waals surface area contributed by atoms with Crippen LogP contribution in [0.5, 0.6) is 0 Å². The smallest absolute Gasteiger partial charge is 0.237 e. The summed E-state index contributed by atoms with van der Waals surface area (Å²) in [6.45, 7) is 5.17. The summed E-state index contributed by atoms with van der Waals surface area (Å²) in [4.78, 5) is 16.4. The predicted octanol–water partition coefficient (Wildman–Crippen LogP) is 0.303. The molecule has 2 aliphatic rings. The van der Waals surface area contributed by atoms with Crippen molar-refractivity contribution >= 4 is 5.91 Å². The number of piperazine rings is 2. The zero-order valence-electron chi connectivity index (χ0n) is 10.5. The summed E-state index contributed by atoms with van der Waals surface area (Å²) in [5, 5.41) is 3.40. The fourth-order valence-electron chi connectivity index (χ4n) is 2.78. The summed E-state index contributed by atoms with van der Waals surface area (Å²) in [6.07, 6.45) is 0. The second kappa shape index (κ2) is 5.08. The molecule has 1 N–H and O–H groups in total. The maximum atomic E-state index is 12.1. The molecular formula is C14H19N3O. The van der Waals surface area contributed by atoms with Gasteiger partial charge in [-0.1, -0.05) is 30.3 Å². The van der Waals surface area contributed by atoms with Crippen molar-refractivity contribution in [1.82, 2.24) is 15.1 Å². The molecule has 1 atom stereocenters. The van der Waals surface area contributed by atoms with Gasteiger partial charge in [0.05, 0.1) is 6.54 Å². The number of benzene rings is 1. The third-order valence-electron chi connectivity index (χ3n) is 3.81. The molecule has 0 aromatic heterocycles. The van der Waals surface area contributed by atoms with E-state index in [1.54, 1.807) is 0 Å². The number of nitrogens with one attached hydrogen (secondary N) is 1. The van der Waals surface area contributed by atoms with Crippen molar-refractivity contribution in [3.63, 3.8) is 0 Å². The lowest BCUT2D eigenvalue weighted by Gasteiger charge is -2.43. The summed E-state index contributed by atoms with van der Waals surface area (Å²) >= 11 is 0. The van der Waals surface area contributed by atoms with Gasteiger partial charge in [-0.05, 0) is 5.56 Å². The molecular weight excluding hydrogens is 226 g/mol. The van der Waals surface area contributed by atoms with E-state index in [2.05, 4.69) is 22.3 Å². The van der Waals surface area contributed by atoms with Crippen LogP contribution in [0.25, 0.3) is 0 Å². The zero-order chi connectivity index (χ0) is 12.4. The van der Waals surface area contributed by atoms with Gasteiger partial charge in [0.2, 0.25) is 5.91 Å². The van der Waals surface area contributed by atoms with Crippen LogP contribution >= 0.6 is 0 Å². The highest BCUT2D eigenvalue weighted by Gasteiger charge is 2.33. The van der Waals surface area contributed by atoms with Crippen LogP contribution in [0.3, 0.4) is 0 Å². The summed E-state index contributed by atoms with van der Waals surface area (Å²) in [5.74, 6) is 0.261. The predicted molar refractivity (Wildman–Crippen MR) is 70.1 cm³/mol. The average molecular weight is 245 g/mol. The lowest BCUT2D eigenvalue weighted by Crippen LogP contribution is -2.62. The van der Waals surface area contributed by atoms with Gasteiger partial charge in [0.15, 0.2) is 0 Å². The minimum atomic E-state index is 0.261. The summed E-state index contributed by atoms with van der Waals surface area (Å²) in [5.41, 5.74) is 1.21. The van der Waals surface area contributed by atoms with Gasteiger partial charge < -0.3 is 10.2 Å². The van der Waals surface area contributed by atoms with E-state index >= 15 is 0 Å². The Labute approximate surface area is 108 Å². The van der Waals surface area contributed by atoms with Crippen molar-refractivity contribution in [3.8, 4) is 0 Å². The minimum Gasteiger partial charge on any atom is -0.336 e. The van der Waals surface area contributed by atoms with Gasteiger partial charge in [0.1, 0.15) is 0 Å². The molecule has 0 radical (unpaired) electrons. The zero-order valence-corrected chi connectivity index (χ0v) is 10.5. The second-order valence-electron chi connectivity index (χ2n) is 5.09. The standard InChI is InChI=1S/C14H19N3O/c18-14-11-16-7-6-15-8-13(16)10-17(14)9-12-4-2-1-3-5-12/h1-5,13,15H,6-11H2. The van der Waals surface area contributed by atoms with Crippen LogP contribution in [0, 0.1) is 0 Å². The molecule has 2 heterocycles. The van der Waals surface area contributed by atoms with E-state index in [0.717, 1.165) is 32.7 Å². The molecule has 4 heteroatoms. The first kappa shape index (κ1) is 11.7. The Morgan fingerprint density at radius 3 is 2.94 bits per heavy atom. The maximum absolute atomic E-state index is 12.1. The Hall–Kier alpha value is -1.39. The number of carbonyl (C=O) groups is 1. The molecule has 0 saturated carbocycles. The molecule has 0 aliphatic carbocycles. The van der Waals surface area contributed by atoms with Gasteiger partial charge >= 0.3 is 0 Å². The van der Waals surface area contributed by atoms with Crippen molar-refractivity contribution in [3.05, 3.63) is 35.9 Å².